The van der Waals surface area contributed by atoms with Gasteiger partial charge in [-0.1, -0.05) is 18.2 Å². The Morgan fingerprint density at radius 3 is 2.61 bits per heavy atom. The Morgan fingerprint density at radius 2 is 1.97 bits per heavy atom. The molecule has 5 N–H and O–H groups in total. The van der Waals surface area contributed by atoms with Crippen molar-refractivity contribution in [3.63, 3.8) is 0 Å². The minimum Gasteiger partial charge on any atom is -0.462 e. The summed E-state index contributed by atoms with van der Waals surface area (Å²) in [7, 11) is -4.27. The van der Waals surface area contributed by atoms with Crippen LogP contribution in [0.1, 0.15) is 27.0 Å². The lowest BCUT2D eigenvalue weighted by molar-refractivity contribution is -0.149. The summed E-state index contributed by atoms with van der Waals surface area (Å²) in [5, 5.41) is 13.0. The molecular formula is C21H28FN4O9P. The molecule has 1 aliphatic heterocycles. The van der Waals surface area contributed by atoms with E-state index in [-0.39, 0.29) is 5.75 Å². The second kappa shape index (κ2) is 11.5. The van der Waals surface area contributed by atoms with Gasteiger partial charge in [0.15, 0.2) is 6.23 Å². The number of ether oxygens (including phenoxy) is 2. The molecular weight excluding hydrogens is 502 g/mol. The van der Waals surface area contributed by atoms with Crippen LogP contribution in [0, 0.1) is 5.82 Å². The normalized spacial score (nSPS) is 24.3. The predicted octanol–water partition coefficient (Wildman–Crippen LogP) is 0.395. The van der Waals surface area contributed by atoms with Crippen molar-refractivity contribution >= 4 is 13.7 Å². The molecule has 3 rings (SSSR count). The molecule has 0 radical (unpaired) electrons. The number of nitrogens with zero attached hydrogens (tertiary/aromatic N) is 1. The maximum atomic E-state index is 13.7. The van der Waals surface area contributed by atoms with E-state index in [1.807, 2.05) is 0 Å². The molecule has 13 nitrogen and oxygen atoms in total. The summed E-state index contributed by atoms with van der Waals surface area (Å²) in [5.41, 5.74) is 3.72. The number of para-hydroxylation sites is 1. The van der Waals surface area contributed by atoms with Gasteiger partial charge < -0.3 is 24.8 Å². The van der Waals surface area contributed by atoms with Crippen LogP contribution in [0.5, 0.6) is 5.75 Å². The van der Waals surface area contributed by atoms with Crippen molar-refractivity contribution in [3.05, 3.63) is 63.2 Å². The van der Waals surface area contributed by atoms with Crippen LogP contribution in [0.2, 0.25) is 0 Å². The number of esters is 1. The highest BCUT2D eigenvalue weighted by Crippen LogP contribution is 2.45. The van der Waals surface area contributed by atoms with Gasteiger partial charge in [0.25, 0.3) is 5.56 Å². The van der Waals surface area contributed by atoms with E-state index in [1.165, 1.54) is 19.1 Å². The number of nitrogens with two attached hydrogens (primary N) is 1. The second-order valence-electron chi connectivity index (χ2n) is 8.31. The molecule has 1 aromatic heterocycles. The Morgan fingerprint density at radius 1 is 1.31 bits per heavy atom. The fraction of sp³-hybridized carbons (Fsp3) is 0.476. The molecule has 1 saturated heterocycles. The summed E-state index contributed by atoms with van der Waals surface area (Å²) in [6, 6.07) is 5.66. The zero-order valence-corrected chi connectivity index (χ0v) is 20.6. The number of H-pyrrole nitrogens is 1. The van der Waals surface area contributed by atoms with Gasteiger partial charge in [-0.3, -0.25) is 23.7 Å². The van der Waals surface area contributed by atoms with Crippen LogP contribution < -0.4 is 26.6 Å². The van der Waals surface area contributed by atoms with Gasteiger partial charge in [0.05, 0.1) is 24.9 Å². The molecule has 1 aliphatic rings. The van der Waals surface area contributed by atoms with Crippen molar-refractivity contribution < 1.29 is 37.4 Å². The number of rotatable bonds is 10. The fourth-order valence-electron chi connectivity index (χ4n) is 3.31. The molecule has 2 heterocycles. The summed E-state index contributed by atoms with van der Waals surface area (Å²) >= 11 is 0. The Balaban J connectivity index is 1.77. The smallest absolute Gasteiger partial charge is 0.459 e. The number of aliphatic hydroxyl groups is 1. The van der Waals surface area contributed by atoms with E-state index in [4.69, 9.17) is 24.3 Å². The maximum Gasteiger partial charge on any atom is 0.459 e. The van der Waals surface area contributed by atoms with E-state index in [1.54, 1.807) is 37.0 Å². The van der Waals surface area contributed by atoms with E-state index in [9.17, 15) is 28.4 Å². The van der Waals surface area contributed by atoms with Crippen molar-refractivity contribution in [3.8, 4) is 5.75 Å². The zero-order valence-electron chi connectivity index (χ0n) is 19.7. The average molecular weight is 530 g/mol. The number of halogens is 1. The average Bonchev–Trinajstić information content (AvgIpc) is 3.08. The zero-order chi connectivity index (χ0) is 26.6. The molecule has 198 valence electrons. The van der Waals surface area contributed by atoms with E-state index in [0.717, 1.165) is 0 Å². The number of aliphatic hydroxyl groups excluding tert-OH is 1. The first-order chi connectivity index (χ1) is 16.9. The van der Waals surface area contributed by atoms with Crippen LogP contribution in [0.3, 0.4) is 0 Å². The predicted molar refractivity (Wildman–Crippen MR) is 124 cm³/mol. The maximum absolute atomic E-state index is 13.7. The molecule has 0 saturated carbocycles. The number of benzene rings is 1. The third-order valence-corrected chi connectivity index (χ3v) is 6.70. The molecule has 0 spiro atoms. The monoisotopic (exact) mass is 530 g/mol. The van der Waals surface area contributed by atoms with Crippen molar-refractivity contribution in [1.82, 2.24) is 14.6 Å². The van der Waals surface area contributed by atoms with Gasteiger partial charge in [0, 0.05) is 0 Å². The first kappa shape index (κ1) is 27.7. The largest absolute Gasteiger partial charge is 0.462 e. The van der Waals surface area contributed by atoms with Crippen molar-refractivity contribution in [2.75, 3.05) is 6.61 Å². The molecule has 36 heavy (non-hydrogen) atoms. The first-order valence-corrected chi connectivity index (χ1v) is 12.5. The number of nitrogens with one attached hydrogen (secondary N) is 2. The van der Waals surface area contributed by atoms with E-state index in [2.05, 4.69) is 5.09 Å². The number of carbonyl (C=O) groups is 1. The van der Waals surface area contributed by atoms with Crippen LogP contribution >= 0.6 is 7.75 Å². The van der Waals surface area contributed by atoms with Gasteiger partial charge in [0.1, 0.15) is 24.0 Å². The van der Waals surface area contributed by atoms with Crippen LogP contribution in [0.25, 0.3) is 0 Å². The molecule has 1 aromatic carbocycles. The van der Waals surface area contributed by atoms with E-state index >= 15 is 0 Å². The lowest BCUT2D eigenvalue weighted by Crippen LogP contribution is -2.43. The molecule has 2 aromatic rings. The minimum atomic E-state index is -4.27. The van der Waals surface area contributed by atoms with Crippen molar-refractivity contribution in [2.45, 2.75) is 57.4 Å². The highest BCUT2D eigenvalue weighted by molar-refractivity contribution is 7.52. The van der Waals surface area contributed by atoms with Gasteiger partial charge in [-0.2, -0.15) is 9.48 Å². The Kier molecular flexibility index (Phi) is 8.82. The number of hydrogen-bond acceptors (Lipinski definition) is 10. The molecule has 15 heteroatoms. The van der Waals surface area contributed by atoms with Gasteiger partial charge in [0.2, 0.25) is 5.82 Å². The summed E-state index contributed by atoms with van der Waals surface area (Å²) in [6.45, 7) is 4.15. The standard InChI is InChI=1S/C21H28FN4O9P/c1-11(2)33-20(29)12(3)25-36(31,35-13-7-5-4-6-8-13)32-10-15-17(27)16(23)19(34-15)26-9-14(22)18(28)24-21(26)30/h4-9,11-12,15-17,19,27H,10,23H2,1-3H3,(H,25,31)(H,24,28,30)/t12-,15+,16+,17+,19+,36?/m0/s1. The topological polar surface area (TPSA) is 184 Å². The number of aromatic nitrogens is 2. The summed E-state index contributed by atoms with van der Waals surface area (Å²) in [5.74, 6) is -1.80. The highest BCUT2D eigenvalue weighted by atomic mass is 31.2. The lowest BCUT2D eigenvalue weighted by atomic mass is 10.1. The van der Waals surface area contributed by atoms with Crippen LogP contribution in [0.15, 0.2) is 46.1 Å². The van der Waals surface area contributed by atoms with Crippen molar-refractivity contribution in [1.29, 1.82) is 0 Å². The summed E-state index contributed by atoms with van der Waals surface area (Å²) in [4.78, 5) is 37.4. The SMILES string of the molecule is CC(C)OC(=O)[C@H](C)NP(=O)(OC[C@H]1O[C@@H](n2cc(F)c(=O)[nH]c2=O)[C@H](N)[C@@H]1O)Oc1ccccc1. The molecule has 0 bridgehead atoms. The van der Waals surface area contributed by atoms with Gasteiger partial charge in [-0.15, -0.1) is 0 Å². The third-order valence-electron chi connectivity index (χ3n) is 5.05. The molecule has 0 amide bonds. The molecule has 1 fully saturated rings. The van der Waals surface area contributed by atoms with Gasteiger partial charge in [-0.25, -0.2) is 9.36 Å². The van der Waals surface area contributed by atoms with E-state index < -0.39 is 74.0 Å². The molecule has 0 aliphatic carbocycles. The fourth-order valence-corrected chi connectivity index (χ4v) is 4.81. The number of hydrogen-bond donors (Lipinski definition) is 4. The number of aromatic amines is 1. The molecule has 6 atom stereocenters. The van der Waals surface area contributed by atoms with Crippen LogP contribution in [0.4, 0.5) is 4.39 Å². The quantitative estimate of drug-likeness (QED) is 0.246. The first-order valence-electron chi connectivity index (χ1n) is 11.0. The summed E-state index contributed by atoms with van der Waals surface area (Å²) in [6.07, 6.45) is -3.85. The van der Waals surface area contributed by atoms with Crippen LogP contribution in [-0.4, -0.2) is 57.6 Å². The van der Waals surface area contributed by atoms with Crippen LogP contribution in [-0.2, 0) is 23.4 Å². The van der Waals surface area contributed by atoms with Gasteiger partial charge >= 0.3 is 19.4 Å². The number of carbonyl (C=O) groups excluding carboxylic acids is 1. The Bertz CT molecular complexity index is 1220. The molecule has 1 unspecified atom stereocenters. The Hall–Kier alpha value is -2.87. The second-order valence-corrected chi connectivity index (χ2v) is 10.0. The highest BCUT2D eigenvalue weighted by Gasteiger charge is 2.45. The van der Waals surface area contributed by atoms with E-state index in [0.29, 0.717) is 10.8 Å². The van der Waals surface area contributed by atoms with Crippen molar-refractivity contribution in [2.24, 2.45) is 5.73 Å². The third kappa shape index (κ3) is 6.66. The Labute approximate surface area is 204 Å². The lowest BCUT2D eigenvalue weighted by Gasteiger charge is -2.25. The minimum absolute atomic E-state index is 0.162. The summed E-state index contributed by atoms with van der Waals surface area (Å²) < 4.78 is 49.6. The van der Waals surface area contributed by atoms with Gasteiger partial charge in [-0.05, 0) is 32.9 Å².